The SMILES string of the molecule is Nc1ccc2cc3c(nc2c1)-c1c(ccc2ccccc12)OC3. The number of nitrogens with zero attached hydrogens (tertiary/aromatic N) is 1. The first-order valence-electron chi connectivity index (χ1n) is 7.64. The number of ether oxygens (including phenoxy) is 1. The largest absolute Gasteiger partial charge is 0.488 e. The van der Waals surface area contributed by atoms with Gasteiger partial charge < -0.3 is 10.5 Å². The van der Waals surface area contributed by atoms with Crippen molar-refractivity contribution in [3.05, 3.63) is 66.2 Å². The molecule has 0 bridgehead atoms. The van der Waals surface area contributed by atoms with Gasteiger partial charge in [0.05, 0.1) is 16.8 Å². The molecule has 0 saturated carbocycles. The molecule has 2 heterocycles. The predicted octanol–water partition coefficient (Wildman–Crippen LogP) is 4.53. The molecule has 0 saturated heterocycles. The molecular formula is C20H14N2O. The molecule has 0 spiro atoms. The summed E-state index contributed by atoms with van der Waals surface area (Å²) in [5, 5.41) is 3.45. The minimum absolute atomic E-state index is 0.550. The molecule has 110 valence electrons. The first-order valence-corrected chi connectivity index (χ1v) is 7.64. The van der Waals surface area contributed by atoms with E-state index in [0.29, 0.717) is 6.61 Å². The molecule has 0 amide bonds. The maximum atomic E-state index is 5.97. The van der Waals surface area contributed by atoms with Gasteiger partial charge in [-0.1, -0.05) is 36.4 Å². The molecule has 0 unspecified atom stereocenters. The maximum Gasteiger partial charge on any atom is 0.129 e. The molecule has 2 N–H and O–H groups in total. The van der Waals surface area contributed by atoms with Gasteiger partial charge in [0.15, 0.2) is 0 Å². The third-order valence-corrected chi connectivity index (χ3v) is 4.43. The number of aromatic nitrogens is 1. The van der Waals surface area contributed by atoms with E-state index in [2.05, 4.69) is 30.3 Å². The zero-order valence-electron chi connectivity index (χ0n) is 12.4. The highest BCUT2D eigenvalue weighted by Gasteiger charge is 2.21. The number of nitrogen functional groups attached to an aromatic ring is 1. The lowest BCUT2D eigenvalue weighted by Crippen LogP contribution is -2.07. The molecule has 4 aromatic rings. The molecule has 3 nitrogen and oxygen atoms in total. The van der Waals surface area contributed by atoms with Crippen molar-refractivity contribution in [1.82, 2.24) is 4.98 Å². The van der Waals surface area contributed by atoms with Gasteiger partial charge in [0.1, 0.15) is 12.4 Å². The van der Waals surface area contributed by atoms with Crippen LogP contribution in [0.25, 0.3) is 32.9 Å². The minimum atomic E-state index is 0.550. The van der Waals surface area contributed by atoms with Crippen LogP contribution < -0.4 is 10.5 Å². The van der Waals surface area contributed by atoms with Crippen LogP contribution in [0, 0.1) is 0 Å². The molecule has 5 rings (SSSR count). The molecule has 3 heteroatoms. The van der Waals surface area contributed by atoms with Crippen molar-refractivity contribution in [2.24, 2.45) is 0 Å². The van der Waals surface area contributed by atoms with E-state index < -0.39 is 0 Å². The van der Waals surface area contributed by atoms with Gasteiger partial charge in [0.25, 0.3) is 0 Å². The average Bonchev–Trinajstić information content (AvgIpc) is 2.59. The highest BCUT2D eigenvalue weighted by molar-refractivity contribution is 6.01. The molecule has 0 aliphatic carbocycles. The van der Waals surface area contributed by atoms with Crippen molar-refractivity contribution in [3.8, 4) is 17.0 Å². The van der Waals surface area contributed by atoms with Crippen LogP contribution in [0.3, 0.4) is 0 Å². The fourth-order valence-corrected chi connectivity index (χ4v) is 3.33. The van der Waals surface area contributed by atoms with E-state index in [9.17, 15) is 0 Å². The number of hydrogen-bond donors (Lipinski definition) is 1. The van der Waals surface area contributed by atoms with Crippen LogP contribution in [0.1, 0.15) is 5.56 Å². The van der Waals surface area contributed by atoms with Gasteiger partial charge in [-0.05, 0) is 35.0 Å². The standard InChI is InChI=1S/C20H14N2O/c21-15-7-5-13-9-14-11-23-18-8-6-12-3-1-2-4-16(12)19(18)20(14)22-17(13)10-15/h1-10H,11,21H2. The molecule has 1 aliphatic heterocycles. The second-order valence-corrected chi connectivity index (χ2v) is 5.90. The second kappa shape index (κ2) is 4.46. The third-order valence-electron chi connectivity index (χ3n) is 4.43. The smallest absolute Gasteiger partial charge is 0.129 e. The third kappa shape index (κ3) is 1.80. The highest BCUT2D eigenvalue weighted by atomic mass is 16.5. The van der Waals surface area contributed by atoms with E-state index in [1.807, 2.05) is 30.3 Å². The lowest BCUT2D eigenvalue weighted by Gasteiger charge is -2.22. The fraction of sp³-hybridized carbons (Fsp3) is 0.0500. The topological polar surface area (TPSA) is 48.1 Å². The van der Waals surface area contributed by atoms with Crippen LogP contribution >= 0.6 is 0 Å². The molecule has 0 atom stereocenters. The Bertz CT molecular complexity index is 1090. The van der Waals surface area contributed by atoms with Crippen molar-refractivity contribution < 1.29 is 4.74 Å². The molecule has 1 aromatic heterocycles. The van der Waals surface area contributed by atoms with Crippen LogP contribution in [-0.4, -0.2) is 4.98 Å². The molecule has 1 aliphatic rings. The van der Waals surface area contributed by atoms with Gasteiger partial charge >= 0.3 is 0 Å². The molecule has 23 heavy (non-hydrogen) atoms. The number of anilines is 1. The van der Waals surface area contributed by atoms with Gasteiger partial charge in [-0.3, -0.25) is 0 Å². The summed E-state index contributed by atoms with van der Waals surface area (Å²) in [4.78, 5) is 4.91. The summed E-state index contributed by atoms with van der Waals surface area (Å²) in [5.74, 6) is 0.895. The van der Waals surface area contributed by atoms with E-state index >= 15 is 0 Å². The summed E-state index contributed by atoms with van der Waals surface area (Å²) in [6.07, 6.45) is 0. The van der Waals surface area contributed by atoms with Gasteiger partial charge in [-0.2, -0.15) is 0 Å². The summed E-state index contributed by atoms with van der Waals surface area (Å²) in [5.41, 5.74) is 10.8. The zero-order valence-corrected chi connectivity index (χ0v) is 12.4. The predicted molar refractivity (Wildman–Crippen MR) is 93.4 cm³/mol. The first-order chi connectivity index (χ1) is 11.3. The molecule has 3 aromatic carbocycles. The Balaban J connectivity index is 1.90. The number of fused-ring (bicyclic) bond motifs is 6. The average molecular weight is 298 g/mol. The Morgan fingerprint density at radius 2 is 1.78 bits per heavy atom. The van der Waals surface area contributed by atoms with E-state index in [-0.39, 0.29) is 0 Å². The van der Waals surface area contributed by atoms with Crippen LogP contribution in [0.2, 0.25) is 0 Å². The summed E-state index contributed by atoms with van der Waals surface area (Å²) in [6.45, 7) is 0.550. The van der Waals surface area contributed by atoms with Gasteiger partial charge in [0, 0.05) is 16.6 Å². The van der Waals surface area contributed by atoms with Gasteiger partial charge in [-0.15, -0.1) is 0 Å². The molecular weight excluding hydrogens is 284 g/mol. The highest BCUT2D eigenvalue weighted by Crippen LogP contribution is 2.42. The summed E-state index contributed by atoms with van der Waals surface area (Å²) in [7, 11) is 0. The number of nitrogens with two attached hydrogens (primary N) is 1. The van der Waals surface area contributed by atoms with Crippen LogP contribution in [-0.2, 0) is 6.61 Å². The Labute approximate surface area is 133 Å². The van der Waals surface area contributed by atoms with Crippen LogP contribution in [0.15, 0.2) is 60.7 Å². The van der Waals surface area contributed by atoms with E-state index in [1.54, 1.807) is 0 Å². The second-order valence-electron chi connectivity index (χ2n) is 5.90. The van der Waals surface area contributed by atoms with Gasteiger partial charge in [0.2, 0.25) is 0 Å². The Morgan fingerprint density at radius 3 is 2.74 bits per heavy atom. The quantitative estimate of drug-likeness (QED) is 0.485. The lowest BCUT2D eigenvalue weighted by molar-refractivity contribution is 0.302. The summed E-state index contributed by atoms with van der Waals surface area (Å²) in [6, 6.07) is 20.5. The minimum Gasteiger partial charge on any atom is -0.488 e. The van der Waals surface area contributed by atoms with Crippen molar-refractivity contribution in [3.63, 3.8) is 0 Å². The van der Waals surface area contributed by atoms with Crippen LogP contribution in [0.5, 0.6) is 5.75 Å². The summed E-state index contributed by atoms with van der Waals surface area (Å²) >= 11 is 0. The monoisotopic (exact) mass is 298 g/mol. The number of rotatable bonds is 0. The first kappa shape index (κ1) is 12.5. The molecule has 0 fully saturated rings. The Hall–Kier alpha value is -3.07. The number of benzene rings is 3. The lowest BCUT2D eigenvalue weighted by atomic mass is 9.95. The van der Waals surface area contributed by atoms with Gasteiger partial charge in [-0.25, -0.2) is 4.98 Å². The fourth-order valence-electron chi connectivity index (χ4n) is 3.33. The van der Waals surface area contributed by atoms with Crippen molar-refractivity contribution in [2.45, 2.75) is 6.61 Å². The Morgan fingerprint density at radius 1 is 0.913 bits per heavy atom. The van der Waals surface area contributed by atoms with E-state index in [4.69, 9.17) is 15.5 Å². The normalized spacial score (nSPS) is 12.7. The number of hydrogen-bond acceptors (Lipinski definition) is 3. The summed E-state index contributed by atoms with van der Waals surface area (Å²) < 4.78 is 5.97. The maximum absolute atomic E-state index is 5.97. The van der Waals surface area contributed by atoms with Crippen LogP contribution in [0.4, 0.5) is 5.69 Å². The van der Waals surface area contributed by atoms with E-state index in [1.165, 1.54) is 10.8 Å². The zero-order chi connectivity index (χ0) is 15.4. The Kier molecular flexibility index (Phi) is 2.42. The molecule has 0 radical (unpaired) electrons. The van der Waals surface area contributed by atoms with E-state index in [0.717, 1.165) is 39.2 Å². The van der Waals surface area contributed by atoms with Crippen molar-refractivity contribution >= 4 is 27.4 Å². The van der Waals surface area contributed by atoms with Crippen molar-refractivity contribution in [2.75, 3.05) is 5.73 Å². The van der Waals surface area contributed by atoms with Crippen molar-refractivity contribution in [1.29, 1.82) is 0 Å². The number of pyridine rings is 1.